The zero-order chi connectivity index (χ0) is 13.7. The average Bonchev–Trinajstić information content (AvgIpc) is 2.43. The van der Waals surface area contributed by atoms with Gasteiger partial charge in [-0.2, -0.15) is 0 Å². The van der Waals surface area contributed by atoms with E-state index in [-0.39, 0.29) is 6.61 Å². The molecule has 0 aromatic heterocycles. The van der Waals surface area contributed by atoms with E-state index in [4.69, 9.17) is 4.74 Å². The number of carbonyl (C=O) groups is 1. The number of alkyl carbamates (subject to hydrolysis) is 1. The van der Waals surface area contributed by atoms with E-state index in [2.05, 4.69) is 5.32 Å². The highest BCUT2D eigenvalue weighted by atomic mass is 16.5. The van der Waals surface area contributed by atoms with Crippen molar-refractivity contribution >= 4 is 6.09 Å². The highest BCUT2D eigenvalue weighted by molar-refractivity contribution is 5.67. The molecular weight excluding hydrogens is 246 g/mol. The molecule has 5 nitrogen and oxygen atoms in total. The third kappa shape index (κ3) is 3.94. The molecule has 0 aliphatic heterocycles. The smallest absolute Gasteiger partial charge is 0.407 e. The summed E-state index contributed by atoms with van der Waals surface area (Å²) in [5.74, 6) is 0. The topological polar surface area (TPSA) is 78.8 Å². The molecule has 1 aliphatic carbocycles. The molecule has 1 saturated carbocycles. The van der Waals surface area contributed by atoms with Gasteiger partial charge in [0.25, 0.3) is 0 Å². The number of benzene rings is 1. The molecule has 0 saturated heterocycles. The summed E-state index contributed by atoms with van der Waals surface area (Å²) in [7, 11) is 0. The van der Waals surface area contributed by atoms with E-state index in [0.29, 0.717) is 12.8 Å². The minimum absolute atomic E-state index is 0.193. The molecule has 1 aliphatic rings. The Balaban J connectivity index is 1.78. The van der Waals surface area contributed by atoms with Crippen LogP contribution in [0.15, 0.2) is 30.3 Å². The first-order valence-corrected chi connectivity index (χ1v) is 6.50. The minimum Gasteiger partial charge on any atom is -0.445 e. The van der Waals surface area contributed by atoms with Gasteiger partial charge in [0, 0.05) is 0 Å². The molecule has 1 fully saturated rings. The standard InChI is InChI=1S/C14H19NO4/c16-12-8-4-7-11(13(12)17)15-14(18)19-9-10-5-2-1-3-6-10/h1-3,5-6,11-13,16-17H,4,7-9H2,(H,15,18)/t11-,12-,13-/m0/s1. The SMILES string of the molecule is O=C(N[C@H]1CCC[C@H](O)[C@H]1O)OCc1ccccc1. The van der Waals surface area contributed by atoms with Crippen molar-refractivity contribution < 1.29 is 19.7 Å². The molecule has 1 aromatic rings. The van der Waals surface area contributed by atoms with Gasteiger partial charge < -0.3 is 20.3 Å². The van der Waals surface area contributed by atoms with E-state index in [1.807, 2.05) is 30.3 Å². The Morgan fingerprint density at radius 2 is 2.00 bits per heavy atom. The lowest BCUT2D eigenvalue weighted by molar-refractivity contribution is -0.0291. The summed E-state index contributed by atoms with van der Waals surface area (Å²) in [6.45, 7) is 0.193. The zero-order valence-corrected chi connectivity index (χ0v) is 10.7. The van der Waals surface area contributed by atoms with Crippen LogP contribution in [-0.4, -0.2) is 34.6 Å². The number of rotatable bonds is 3. The van der Waals surface area contributed by atoms with Crippen molar-refractivity contribution in [2.75, 3.05) is 0 Å². The predicted molar refractivity (Wildman–Crippen MR) is 69.4 cm³/mol. The molecule has 2 rings (SSSR count). The molecule has 3 atom stereocenters. The Hall–Kier alpha value is -1.59. The molecule has 1 amide bonds. The van der Waals surface area contributed by atoms with Crippen molar-refractivity contribution in [3.05, 3.63) is 35.9 Å². The summed E-state index contributed by atoms with van der Waals surface area (Å²) in [5, 5.41) is 21.9. The predicted octanol–water partition coefficient (Wildman–Crippen LogP) is 1.19. The number of amides is 1. The van der Waals surface area contributed by atoms with Gasteiger partial charge in [-0.1, -0.05) is 30.3 Å². The number of nitrogens with one attached hydrogen (secondary N) is 1. The fraction of sp³-hybridized carbons (Fsp3) is 0.500. The lowest BCUT2D eigenvalue weighted by atomic mass is 9.90. The number of aliphatic hydroxyl groups excluding tert-OH is 2. The van der Waals surface area contributed by atoms with Gasteiger partial charge in [-0.15, -0.1) is 0 Å². The van der Waals surface area contributed by atoms with E-state index in [9.17, 15) is 15.0 Å². The molecule has 0 spiro atoms. The van der Waals surface area contributed by atoms with Crippen molar-refractivity contribution in [2.45, 2.75) is 44.1 Å². The van der Waals surface area contributed by atoms with Gasteiger partial charge in [0.15, 0.2) is 0 Å². The Kier molecular flexibility index (Phi) is 4.76. The molecule has 0 radical (unpaired) electrons. The van der Waals surface area contributed by atoms with Crippen molar-refractivity contribution in [3.8, 4) is 0 Å². The summed E-state index contributed by atoms with van der Waals surface area (Å²) >= 11 is 0. The quantitative estimate of drug-likeness (QED) is 0.767. The minimum atomic E-state index is -0.918. The van der Waals surface area contributed by atoms with Gasteiger partial charge in [0.05, 0.1) is 12.1 Å². The molecule has 0 heterocycles. The Bertz CT molecular complexity index is 409. The monoisotopic (exact) mass is 265 g/mol. The van der Waals surface area contributed by atoms with Gasteiger partial charge in [-0.05, 0) is 24.8 Å². The van der Waals surface area contributed by atoms with Crippen molar-refractivity contribution in [1.82, 2.24) is 5.32 Å². The maximum atomic E-state index is 11.6. The van der Waals surface area contributed by atoms with Crippen LogP contribution in [-0.2, 0) is 11.3 Å². The first kappa shape index (κ1) is 13.8. The van der Waals surface area contributed by atoms with Gasteiger partial charge in [0.2, 0.25) is 0 Å². The Labute approximate surface area is 112 Å². The number of carbonyl (C=O) groups excluding carboxylic acids is 1. The second kappa shape index (κ2) is 6.54. The van der Waals surface area contributed by atoms with Crippen LogP contribution in [0.4, 0.5) is 4.79 Å². The third-order valence-corrected chi connectivity index (χ3v) is 3.34. The first-order valence-electron chi connectivity index (χ1n) is 6.50. The van der Waals surface area contributed by atoms with Crippen molar-refractivity contribution in [2.24, 2.45) is 0 Å². The average molecular weight is 265 g/mol. The van der Waals surface area contributed by atoms with E-state index >= 15 is 0 Å². The fourth-order valence-corrected chi connectivity index (χ4v) is 2.23. The van der Waals surface area contributed by atoms with E-state index in [1.54, 1.807) is 0 Å². The van der Waals surface area contributed by atoms with E-state index in [0.717, 1.165) is 12.0 Å². The zero-order valence-electron chi connectivity index (χ0n) is 10.7. The van der Waals surface area contributed by atoms with Crippen LogP contribution in [0.25, 0.3) is 0 Å². The number of aliphatic hydroxyl groups is 2. The molecule has 104 valence electrons. The molecule has 3 N–H and O–H groups in total. The first-order chi connectivity index (χ1) is 9.16. The van der Waals surface area contributed by atoms with Crippen molar-refractivity contribution in [1.29, 1.82) is 0 Å². The molecular formula is C14H19NO4. The van der Waals surface area contributed by atoms with Crippen molar-refractivity contribution in [3.63, 3.8) is 0 Å². The Morgan fingerprint density at radius 3 is 2.74 bits per heavy atom. The molecule has 1 aromatic carbocycles. The highest BCUT2D eigenvalue weighted by Gasteiger charge is 2.31. The van der Waals surface area contributed by atoms with Crippen LogP contribution < -0.4 is 5.32 Å². The summed E-state index contributed by atoms with van der Waals surface area (Å²) in [6.07, 6.45) is -0.257. The van der Waals surface area contributed by atoms with Crippen LogP contribution in [0.1, 0.15) is 24.8 Å². The molecule has 0 bridgehead atoms. The number of hydrogen-bond donors (Lipinski definition) is 3. The number of ether oxygens (including phenoxy) is 1. The summed E-state index contributed by atoms with van der Waals surface area (Å²) in [4.78, 5) is 11.6. The largest absolute Gasteiger partial charge is 0.445 e. The van der Waals surface area contributed by atoms with Crippen LogP contribution in [0.3, 0.4) is 0 Å². The summed E-state index contributed by atoms with van der Waals surface area (Å²) in [5.41, 5.74) is 0.905. The highest BCUT2D eigenvalue weighted by Crippen LogP contribution is 2.19. The summed E-state index contributed by atoms with van der Waals surface area (Å²) < 4.78 is 5.07. The Morgan fingerprint density at radius 1 is 1.26 bits per heavy atom. The summed E-state index contributed by atoms with van der Waals surface area (Å²) in [6, 6.07) is 8.94. The third-order valence-electron chi connectivity index (χ3n) is 3.34. The fourth-order valence-electron chi connectivity index (χ4n) is 2.23. The van der Waals surface area contributed by atoms with Gasteiger partial charge in [0.1, 0.15) is 12.7 Å². The van der Waals surface area contributed by atoms with Crippen LogP contribution in [0.2, 0.25) is 0 Å². The normalized spacial score (nSPS) is 26.7. The van der Waals surface area contributed by atoms with E-state index < -0.39 is 24.3 Å². The van der Waals surface area contributed by atoms with Crippen LogP contribution >= 0.6 is 0 Å². The van der Waals surface area contributed by atoms with Gasteiger partial charge in [-0.3, -0.25) is 0 Å². The lowest BCUT2D eigenvalue weighted by Crippen LogP contribution is -2.51. The van der Waals surface area contributed by atoms with Crippen LogP contribution in [0, 0.1) is 0 Å². The number of hydrogen-bond acceptors (Lipinski definition) is 4. The molecule has 5 heteroatoms. The second-order valence-corrected chi connectivity index (χ2v) is 4.80. The van der Waals surface area contributed by atoms with E-state index in [1.165, 1.54) is 0 Å². The molecule has 0 unspecified atom stereocenters. The molecule has 19 heavy (non-hydrogen) atoms. The lowest BCUT2D eigenvalue weighted by Gasteiger charge is -2.31. The second-order valence-electron chi connectivity index (χ2n) is 4.80. The maximum Gasteiger partial charge on any atom is 0.407 e. The van der Waals surface area contributed by atoms with Gasteiger partial charge in [-0.25, -0.2) is 4.79 Å². The maximum absolute atomic E-state index is 11.6. The van der Waals surface area contributed by atoms with Gasteiger partial charge >= 0.3 is 6.09 Å². The van der Waals surface area contributed by atoms with Crippen LogP contribution in [0.5, 0.6) is 0 Å².